The molecule has 0 radical (unpaired) electrons. The van der Waals surface area contributed by atoms with Gasteiger partial charge in [0.2, 0.25) is 10.0 Å². The number of hydrogen-bond acceptors (Lipinski definition) is 7. The first kappa shape index (κ1) is 18.6. The Balaban J connectivity index is 1.64. The Bertz CT molecular complexity index is 962. The van der Waals surface area contributed by atoms with Crippen molar-refractivity contribution in [2.75, 3.05) is 13.1 Å². The molecule has 0 amide bonds. The van der Waals surface area contributed by atoms with E-state index in [1.807, 2.05) is 13.8 Å². The molecule has 0 bridgehead atoms. The number of aliphatic hydroxyl groups is 1. The number of aryl methyl sites for hydroxylation is 2. The van der Waals surface area contributed by atoms with Crippen LogP contribution in [0.3, 0.4) is 0 Å². The molecule has 4 rings (SSSR count). The molecular formula is C17H25N5O4S. The van der Waals surface area contributed by atoms with Crippen molar-refractivity contribution in [3.8, 4) is 0 Å². The van der Waals surface area contributed by atoms with E-state index in [4.69, 9.17) is 4.52 Å². The van der Waals surface area contributed by atoms with E-state index >= 15 is 0 Å². The molecule has 9 nitrogen and oxygen atoms in total. The number of hydrogen-bond donors (Lipinski definition) is 1. The Hall–Kier alpha value is -1.78. The first-order chi connectivity index (χ1) is 12.8. The van der Waals surface area contributed by atoms with E-state index in [-0.39, 0.29) is 30.3 Å². The molecule has 1 atom stereocenters. The van der Waals surface area contributed by atoms with Gasteiger partial charge in [-0.15, -0.1) is 0 Å². The fourth-order valence-electron chi connectivity index (χ4n) is 3.72. The predicted molar refractivity (Wildman–Crippen MR) is 95.5 cm³/mol. The molecular weight excluding hydrogens is 370 g/mol. The second-order valence-corrected chi connectivity index (χ2v) is 9.28. The quantitative estimate of drug-likeness (QED) is 0.778. The minimum absolute atomic E-state index is 0.0944. The zero-order valence-corrected chi connectivity index (χ0v) is 16.7. The maximum Gasteiger partial charge on any atom is 0.260 e. The van der Waals surface area contributed by atoms with Crippen LogP contribution in [0.15, 0.2) is 9.42 Å². The largest absolute Gasteiger partial charge is 0.379 e. The number of aromatic nitrogens is 4. The van der Waals surface area contributed by atoms with Gasteiger partial charge in [0, 0.05) is 25.9 Å². The van der Waals surface area contributed by atoms with Crippen molar-refractivity contribution in [3.63, 3.8) is 0 Å². The molecule has 1 saturated carbocycles. The van der Waals surface area contributed by atoms with Gasteiger partial charge >= 0.3 is 0 Å². The molecule has 0 unspecified atom stereocenters. The van der Waals surface area contributed by atoms with Gasteiger partial charge in [0.05, 0.1) is 17.9 Å². The maximum atomic E-state index is 13.3. The lowest BCUT2D eigenvalue weighted by Gasteiger charge is -2.20. The van der Waals surface area contributed by atoms with Crippen molar-refractivity contribution in [1.29, 1.82) is 0 Å². The average Bonchev–Trinajstić information content (AvgIpc) is 3.07. The zero-order valence-electron chi connectivity index (χ0n) is 15.8. The van der Waals surface area contributed by atoms with Gasteiger partial charge in [-0.2, -0.15) is 14.4 Å². The number of nitrogens with zero attached hydrogens (tertiary/aromatic N) is 5. The van der Waals surface area contributed by atoms with Crippen LogP contribution in [-0.2, 0) is 35.5 Å². The summed E-state index contributed by atoms with van der Waals surface area (Å²) >= 11 is 0. The summed E-state index contributed by atoms with van der Waals surface area (Å²) in [5.41, 5.74) is -0.219. The number of β-amino-alcohol motifs (C(OH)–C–C–N with tert-alkyl or cyclic N) is 1. The van der Waals surface area contributed by atoms with Crippen LogP contribution in [0.4, 0.5) is 0 Å². The first-order valence-electron chi connectivity index (χ1n) is 9.41. The van der Waals surface area contributed by atoms with Crippen LogP contribution in [0.5, 0.6) is 0 Å². The van der Waals surface area contributed by atoms with Crippen molar-refractivity contribution in [2.24, 2.45) is 7.05 Å². The second-order valence-electron chi connectivity index (χ2n) is 7.41. The molecule has 148 valence electrons. The van der Waals surface area contributed by atoms with E-state index in [1.165, 1.54) is 4.31 Å². The van der Waals surface area contributed by atoms with Crippen LogP contribution in [0.25, 0.3) is 0 Å². The minimum Gasteiger partial charge on any atom is -0.379 e. The smallest absolute Gasteiger partial charge is 0.260 e. The van der Waals surface area contributed by atoms with Crippen molar-refractivity contribution in [3.05, 3.63) is 23.1 Å². The Kier molecular flexibility index (Phi) is 4.39. The highest BCUT2D eigenvalue weighted by atomic mass is 32.2. The predicted octanol–water partition coefficient (Wildman–Crippen LogP) is 1.09. The third kappa shape index (κ3) is 2.99. The normalized spacial score (nSPS) is 24.0. The summed E-state index contributed by atoms with van der Waals surface area (Å²) in [5, 5.41) is 19.3. The molecule has 2 aliphatic rings. The van der Waals surface area contributed by atoms with Gasteiger partial charge in [0.1, 0.15) is 4.90 Å². The second kappa shape index (κ2) is 6.39. The van der Waals surface area contributed by atoms with Crippen molar-refractivity contribution < 1.29 is 18.0 Å². The Morgan fingerprint density at radius 1 is 1.30 bits per heavy atom. The summed E-state index contributed by atoms with van der Waals surface area (Å²) < 4.78 is 34.9. The van der Waals surface area contributed by atoms with Crippen LogP contribution < -0.4 is 0 Å². The van der Waals surface area contributed by atoms with E-state index in [1.54, 1.807) is 11.7 Å². The van der Waals surface area contributed by atoms with E-state index in [9.17, 15) is 13.5 Å². The van der Waals surface area contributed by atoms with E-state index < -0.39 is 15.6 Å². The molecule has 10 heteroatoms. The highest BCUT2D eigenvalue weighted by Gasteiger charge is 2.48. The molecule has 0 spiro atoms. The lowest BCUT2D eigenvalue weighted by molar-refractivity contribution is 0.0194. The van der Waals surface area contributed by atoms with Gasteiger partial charge in [-0.05, 0) is 25.7 Å². The summed E-state index contributed by atoms with van der Waals surface area (Å²) in [6, 6.07) is 0. The van der Waals surface area contributed by atoms with Crippen molar-refractivity contribution in [2.45, 2.75) is 62.4 Å². The number of rotatable bonds is 6. The summed E-state index contributed by atoms with van der Waals surface area (Å²) in [7, 11) is -2.02. The molecule has 1 N–H and O–H groups in total. The fraction of sp³-hybridized carbons (Fsp3) is 0.706. The van der Waals surface area contributed by atoms with Crippen LogP contribution >= 0.6 is 0 Å². The summed E-state index contributed by atoms with van der Waals surface area (Å²) in [6.45, 7) is 3.90. The van der Waals surface area contributed by atoms with Crippen LogP contribution in [0, 0.1) is 0 Å². The highest BCUT2D eigenvalue weighted by molar-refractivity contribution is 7.89. The lowest BCUT2D eigenvalue weighted by Crippen LogP contribution is -2.35. The van der Waals surface area contributed by atoms with Gasteiger partial charge in [0.15, 0.2) is 11.4 Å². The average molecular weight is 395 g/mol. The minimum atomic E-state index is -3.78. The van der Waals surface area contributed by atoms with Gasteiger partial charge in [-0.3, -0.25) is 4.68 Å². The van der Waals surface area contributed by atoms with Gasteiger partial charge in [-0.25, -0.2) is 8.42 Å². The number of sulfonamides is 1. The fourth-order valence-corrected chi connectivity index (χ4v) is 5.75. The zero-order chi connectivity index (χ0) is 19.4. The van der Waals surface area contributed by atoms with Gasteiger partial charge in [-0.1, -0.05) is 19.0 Å². The van der Waals surface area contributed by atoms with Crippen LogP contribution in [-0.4, -0.2) is 50.8 Å². The topological polar surface area (TPSA) is 114 Å². The van der Waals surface area contributed by atoms with Crippen molar-refractivity contribution >= 4 is 10.0 Å². The molecule has 2 aromatic heterocycles. The van der Waals surface area contributed by atoms with Gasteiger partial charge < -0.3 is 9.63 Å². The maximum absolute atomic E-state index is 13.3. The van der Waals surface area contributed by atoms with Crippen LogP contribution in [0.2, 0.25) is 0 Å². The molecule has 27 heavy (non-hydrogen) atoms. The van der Waals surface area contributed by atoms with E-state index in [0.717, 1.165) is 12.8 Å². The molecule has 2 fully saturated rings. The van der Waals surface area contributed by atoms with Gasteiger partial charge in [0.25, 0.3) is 5.89 Å². The first-order valence-corrected chi connectivity index (χ1v) is 10.9. The lowest BCUT2D eigenvalue weighted by atomic mass is 10.0. The highest BCUT2D eigenvalue weighted by Crippen LogP contribution is 2.40. The standard InChI is InChI=1S/C17H25N5O4S/c1-4-12-14(13(5-2)21(3)19-12)27(24,25)22-9-8-17(23,10-22)16-18-15(20-26-16)11-6-7-11/h11,23H,4-10H2,1-3H3/t17-/m1/s1. The molecule has 2 aromatic rings. The summed E-state index contributed by atoms with van der Waals surface area (Å²) in [5.74, 6) is 1.02. The monoisotopic (exact) mass is 395 g/mol. The van der Waals surface area contributed by atoms with E-state index in [0.29, 0.717) is 36.0 Å². The van der Waals surface area contributed by atoms with E-state index in [2.05, 4.69) is 15.2 Å². The Morgan fingerprint density at radius 2 is 2.04 bits per heavy atom. The van der Waals surface area contributed by atoms with Crippen LogP contribution in [0.1, 0.15) is 62.1 Å². The Labute approximate surface area is 158 Å². The molecule has 1 aliphatic heterocycles. The third-order valence-corrected chi connectivity index (χ3v) is 7.43. The molecule has 1 aliphatic carbocycles. The molecule has 0 aromatic carbocycles. The summed E-state index contributed by atoms with van der Waals surface area (Å²) in [6.07, 6.45) is 3.36. The molecule has 3 heterocycles. The molecule has 1 saturated heterocycles. The van der Waals surface area contributed by atoms with Crippen molar-refractivity contribution in [1.82, 2.24) is 24.2 Å². The third-order valence-electron chi connectivity index (χ3n) is 5.45. The Morgan fingerprint density at radius 3 is 2.67 bits per heavy atom. The summed E-state index contributed by atoms with van der Waals surface area (Å²) in [4.78, 5) is 4.59. The SMILES string of the molecule is CCc1nn(C)c(CC)c1S(=O)(=O)N1CC[C@](O)(c2nc(C3CC3)no2)C1.